The van der Waals surface area contributed by atoms with Gasteiger partial charge in [0.15, 0.2) is 5.13 Å². The largest absolute Gasteiger partial charge is 0.351 e. The summed E-state index contributed by atoms with van der Waals surface area (Å²) >= 11 is 1.37. The Morgan fingerprint density at radius 3 is 2.72 bits per heavy atom. The zero-order chi connectivity index (χ0) is 13.0. The van der Waals surface area contributed by atoms with E-state index in [1.807, 2.05) is 11.9 Å². The minimum Gasteiger partial charge on any atom is -0.351 e. The zero-order valence-corrected chi connectivity index (χ0v) is 10.7. The van der Waals surface area contributed by atoms with Gasteiger partial charge < -0.3 is 4.90 Å². The maximum atomic E-state index is 12.7. The van der Waals surface area contributed by atoms with Gasteiger partial charge in [-0.1, -0.05) is 23.5 Å². The van der Waals surface area contributed by atoms with E-state index in [4.69, 9.17) is 5.26 Å². The van der Waals surface area contributed by atoms with Crippen LogP contribution in [0.4, 0.5) is 9.52 Å². The van der Waals surface area contributed by atoms with E-state index in [1.165, 1.54) is 23.5 Å². The predicted molar refractivity (Wildman–Crippen MR) is 70.2 cm³/mol. The Labute approximate surface area is 109 Å². The zero-order valence-electron chi connectivity index (χ0n) is 9.93. The summed E-state index contributed by atoms with van der Waals surface area (Å²) in [5, 5.41) is 9.56. The van der Waals surface area contributed by atoms with Crippen LogP contribution in [0, 0.1) is 17.1 Å². The molecule has 18 heavy (non-hydrogen) atoms. The SMILES string of the molecule is CN(CCc1ccc(F)cc1)c1ncc(C#N)s1. The Morgan fingerprint density at radius 2 is 2.11 bits per heavy atom. The normalized spacial score (nSPS) is 10.1. The van der Waals surface area contributed by atoms with E-state index in [0.29, 0.717) is 4.88 Å². The molecule has 0 amide bonds. The van der Waals surface area contributed by atoms with Crippen molar-refractivity contribution < 1.29 is 4.39 Å². The van der Waals surface area contributed by atoms with Crippen LogP contribution in [-0.2, 0) is 6.42 Å². The second-order valence-electron chi connectivity index (χ2n) is 3.92. The van der Waals surface area contributed by atoms with Crippen molar-refractivity contribution in [1.29, 1.82) is 5.26 Å². The van der Waals surface area contributed by atoms with Crippen molar-refractivity contribution in [3.63, 3.8) is 0 Å². The van der Waals surface area contributed by atoms with Gasteiger partial charge in [-0.15, -0.1) is 0 Å². The quantitative estimate of drug-likeness (QED) is 0.849. The third-order valence-electron chi connectivity index (χ3n) is 2.58. The van der Waals surface area contributed by atoms with Crippen molar-refractivity contribution >= 4 is 16.5 Å². The number of nitrogens with zero attached hydrogens (tertiary/aromatic N) is 3. The number of nitriles is 1. The smallest absolute Gasteiger partial charge is 0.186 e. The van der Waals surface area contributed by atoms with Crippen molar-refractivity contribution in [3.05, 3.63) is 46.7 Å². The van der Waals surface area contributed by atoms with Crippen LogP contribution < -0.4 is 4.90 Å². The van der Waals surface area contributed by atoms with Crippen molar-refractivity contribution in [3.8, 4) is 6.07 Å². The summed E-state index contributed by atoms with van der Waals surface area (Å²) in [7, 11) is 1.93. The Kier molecular flexibility index (Phi) is 3.90. The van der Waals surface area contributed by atoms with Crippen LogP contribution in [0.3, 0.4) is 0 Å². The maximum Gasteiger partial charge on any atom is 0.186 e. The molecule has 0 saturated carbocycles. The highest BCUT2D eigenvalue weighted by molar-refractivity contribution is 7.16. The first-order valence-corrected chi connectivity index (χ1v) is 6.32. The summed E-state index contributed by atoms with van der Waals surface area (Å²) in [6.07, 6.45) is 2.40. The Morgan fingerprint density at radius 1 is 1.39 bits per heavy atom. The number of likely N-dealkylation sites (N-methyl/N-ethyl adjacent to an activating group) is 1. The molecule has 0 spiro atoms. The first-order valence-electron chi connectivity index (χ1n) is 5.50. The lowest BCUT2D eigenvalue weighted by atomic mass is 10.1. The summed E-state index contributed by atoms with van der Waals surface area (Å²) < 4.78 is 12.7. The molecule has 0 radical (unpaired) electrons. The molecule has 0 unspecified atom stereocenters. The summed E-state index contributed by atoms with van der Waals surface area (Å²) in [6.45, 7) is 0.782. The number of hydrogen-bond acceptors (Lipinski definition) is 4. The highest BCUT2D eigenvalue weighted by Gasteiger charge is 2.06. The van der Waals surface area contributed by atoms with Gasteiger partial charge in [0, 0.05) is 13.6 Å². The highest BCUT2D eigenvalue weighted by Crippen LogP contribution is 2.20. The average Bonchev–Trinajstić information content (AvgIpc) is 2.86. The Bertz CT molecular complexity index is 556. The molecule has 0 bridgehead atoms. The van der Waals surface area contributed by atoms with Crippen LogP contribution in [0.5, 0.6) is 0 Å². The number of benzene rings is 1. The first kappa shape index (κ1) is 12.5. The van der Waals surface area contributed by atoms with E-state index >= 15 is 0 Å². The lowest BCUT2D eigenvalue weighted by molar-refractivity contribution is 0.627. The molecule has 0 aliphatic heterocycles. The van der Waals surface area contributed by atoms with Gasteiger partial charge in [-0.25, -0.2) is 9.37 Å². The number of halogens is 1. The first-order chi connectivity index (χ1) is 8.69. The molecule has 3 nitrogen and oxygen atoms in total. The summed E-state index contributed by atoms with van der Waals surface area (Å²) in [5.74, 6) is -0.217. The van der Waals surface area contributed by atoms with Gasteiger partial charge >= 0.3 is 0 Å². The molecule has 2 aromatic rings. The molecule has 1 aromatic heterocycles. The van der Waals surface area contributed by atoms with Gasteiger partial charge in [0.05, 0.1) is 6.20 Å². The van der Waals surface area contributed by atoms with Crippen LogP contribution in [-0.4, -0.2) is 18.6 Å². The van der Waals surface area contributed by atoms with E-state index in [1.54, 1.807) is 18.3 Å². The van der Waals surface area contributed by atoms with E-state index in [-0.39, 0.29) is 5.82 Å². The van der Waals surface area contributed by atoms with Crippen LogP contribution in [0.1, 0.15) is 10.4 Å². The van der Waals surface area contributed by atoms with Crippen molar-refractivity contribution in [2.45, 2.75) is 6.42 Å². The maximum absolute atomic E-state index is 12.7. The molecular weight excluding hydrogens is 249 g/mol. The second kappa shape index (κ2) is 5.61. The lowest BCUT2D eigenvalue weighted by Crippen LogP contribution is -2.19. The fraction of sp³-hybridized carbons (Fsp3) is 0.231. The van der Waals surface area contributed by atoms with E-state index in [9.17, 15) is 4.39 Å². The molecule has 0 fully saturated rings. The van der Waals surface area contributed by atoms with Crippen LogP contribution in [0.15, 0.2) is 30.5 Å². The van der Waals surface area contributed by atoms with Crippen molar-refractivity contribution in [2.24, 2.45) is 0 Å². The van der Waals surface area contributed by atoms with Crippen LogP contribution in [0.2, 0.25) is 0 Å². The van der Waals surface area contributed by atoms with Crippen LogP contribution >= 0.6 is 11.3 Å². The number of anilines is 1. The third kappa shape index (κ3) is 3.05. The molecule has 1 heterocycles. The lowest BCUT2D eigenvalue weighted by Gasteiger charge is -2.15. The molecular formula is C13H12FN3S. The van der Waals surface area contributed by atoms with Gasteiger partial charge in [-0.05, 0) is 24.1 Å². The van der Waals surface area contributed by atoms with Gasteiger partial charge in [0.25, 0.3) is 0 Å². The number of hydrogen-bond donors (Lipinski definition) is 0. The molecule has 0 aliphatic carbocycles. The number of thiazole rings is 1. The molecule has 0 saturated heterocycles. The van der Waals surface area contributed by atoms with Crippen molar-refractivity contribution in [2.75, 3.05) is 18.5 Å². The van der Waals surface area contributed by atoms with Gasteiger partial charge in [-0.3, -0.25) is 0 Å². The minimum absolute atomic E-state index is 0.217. The standard InChI is InChI=1S/C13H12FN3S/c1-17(13-16-9-12(8-15)18-13)7-6-10-2-4-11(14)5-3-10/h2-5,9H,6-7H2,1H3. The fourth-order valence-corrected chi connectivity index (χ4v) is 2.24. The van der Waals surface area contributed by atoms with E-state index in [0.717, 1.165) is 23.7 Å². The van der Waals surface area contributed by atoms with Gasteiger partial charge in [0.1, 0.15) is 16.8 Å². The topological polar surface area (TPSA) is 39.9 Å². The van der Waals surface area contributed by atoms with Crippen LogP contribution in [0.25, 0.3) is 0 Å². The van der Waals surface area contributed by atoms with E-state index < -0.39 is 0 Å². The molecule has 1 aromatic carbocycles. The average molecular weight is 261 g/mol. The summed E-state index contributed by atoms with van der Waals surface area (Å²) in [6, 6.07) is 8.57. The Hall–Kier alpha value is -1.93. The highest BCUT2D eigenvalue weighted by atomic mass is 32.1. The summed E-state index contributed by atoms with van der Waals surface area (Å²) in [5.41, 5.74) is 1.08. The van der Waals surface area contributed by atoms with Gasteiger partial charge in [0.2, 0.25) is 0 Å². The second-order valence-corrected chi connectivity index (χ2v) is 4.93. The molecule has 0 atom stereocenters. The fourth-order valence-electron chi connectivity index (χ4n) is 1.54. The van der Waals surface area contributed by atoms with E-state index in [2.05, 4.69) is 11.1 Å². The predicted octanol–water partition coefficient (Wildman–Crippen LogP) is 2.83. The number of rotatable bonds is 4. The number of aromatic nitrogens is 1. The molecule has 2 rings (SSSR count). The molecule has 5 heteroatoms. The molecule has 92 valence electrons. The molecule has 0 aliphatic rings. The molecule has 0 N–H and O–H groups in total. The third-order valence-corrected chi connectivity index (χ3v) is 3.60. The van der Waals surface area contributed by atoms with Crippen molar-refractivity contribution in [1.82, 2.24) is 4.98 Å². The Balaban J connectivity index is 1.94. The summed E-state index contributed by atoms with van der Waals surface area (Å²) in [4.78, 5) is 6.78. The van der Waals surface area contributed by atoms with Gasteiger partial charge in [-0.2, -0.15) is 5.26 Å². The minimum atomic E-state index is -0.217. The monoisotopic (exact) mass is 261 g/mol.